The van der Waals surface area contributed by atoms with Gasteiger partial charge < -0.3 is 4.40 Å². The number of rotatable bonds is 5. The molecule has 0 saturated heterocycles. The third-order valence-corrected chi connectivity index (χ3v) is 6.19. The molecule has 0 bridgehead atoms. The molecule has 27 heavy (non-hydrogen) atoms. The highest BCUT2D eigenvalue weighted by molar-refractivity contribution is 7.89. The highest BCUT2D eigenvalue weighted by Gasteiger charge is 2.17. The van der Waals surface area contributed by atoms with E-state index in [0.29, 0.717) is 22.1 Å². The van der Waals surface area contributed by atoms with Crippen LogP contribution in [0.5, 0.6) is 0 Å². The van der Waals surface area contributed by atoms with Crippen LogP contribution in [-0.2, 0) is 21.9 Å². The predicted octanol–water partition coefficient (Wildman–Crippen LogP) is 4.46. The molecule has 0 spiro atoms. The molecule has 0 aliphatic rings. The Morgan fingerprint density at radius 2 is 1.78 bits per heavy atom. The van der Waals surface area contributed by atoms with Crippen molar-refractivity contribution in [2.45, 2.75) is 37.5 Å². The average molecular weight is 426 g/mol. The van der Waals surface area contributed by atoms with Gasteiger partial charge in [0.1, 0.15) is 0 Å². The molecule has 1 N–H and O–H groups in total. The van der Waals surface area contributed by atoms with Crippen LogP contribution in [0.15, 0.2) is 47.6 Å². The van der Waals surface area contributed by atoms with Gasteiger partial charge in [-0.1, -0.05) is 56.1 Å². The summed E-state index contributed by atoms with van der Waals surface area (Å²) in [6.07, 6.45) is 3.94. The Kier molecular flexibility index (Phi) is 5.54. The normalized spacial score (nSPS) is 12.6. The second-order valence-corrected chi connectivity index (χ2v) is 10.0. The highest BCUT2D eigenvalue weighted by Crippen LogP contribution is 2.24. The maximum absolute atomic E-state index is 12.5. The van der Waals surface area contributed by atoms with Crippen LogP contribution in [0, 0.1) is 0 Å². The van der Waals surface area contributed by atoms with Crippen LogP contribution in [0.2, 0.25) is 10.0 Å². The van der Waals surface area contributed by atoms with Gasteiger partial charge in [0.2, 0.25) is 10.0 Å². The molecular formula is C19H21Cl2N3O2S. The Morgan fingerprint density at radius 3 is 2.41 bits per heavy atom. The topological polar surface area (TPSA) is 63.5 Å². The second-order valence-electron chi connectivity index (χ2n) is 7.39. The molecule has 0 saturated carbocycles. The Bertz CT molecular complexity index is 1070. The van der Waals surface area contributed by atoms with Crippen LogP contribution in [-0.4, -0.2) is 24.3 Å². The average Bonchev–Trinajstić information content (AvgIpc) is 2.97. The summed E-state index contributed by atoms with van der Waals surface area (Å²) in [7, 11) is -3.57. The standard InChI is InChI=1S/C19H21Cl2N3O2S/c1-19(2,3)13-4-6-16(7-5-13)27(25,26)22-9-8-15-12-24-11-14(20)10-17(21)18(24)23-15/h4-7,10-12,22H,8-9H2,1-3H3. The van der Waals surface area contributed by atoms with Gasteiger partial charge in [-0.05, 0) is 29.2 Å². The largest absolute Gasteiger partial charge is 0.304 e. The monoisotopic (exact) mass is 425 g/mol. The molecule has 144 valence electrons. The van der Waals surface area contributed by atoms with E-state index < -0.39 is 10.0 Å². The minimum Gasteiger partial charge on any atom is -0.304 e. The molecule has 0 atom stereocenters. The number of nitrogens with one attached hydrogen (secondary N) is 1. The van der Waals surface area contributed by atoms with E-state index in [4.69, 9.17) is 23.2 Å². The van der Waals surface area contributed by atoms with Crippen molar-refractivity contribution in [3.8, 4) is 0 Å². The number of aromatic nitrogens is 2. The van der Waals surface area contributed by atoms with Crippen LogP contribution in [0.4, 0.5) is 0 Å². The summed E-state index contributed by atoms with van der Waals surface area (Å²) in [5.74, 6) is 0. The van der Waals surface area contributed by atoms with Crippen LogP contribution < -0.4 is 4.72 Å². The fraction of sp³-hybridized carbons (Fsp3) is 0.316. The lowest BCUT2D eigenvalue weighted by Crippen LogP contribution is -2.26. The number of fused-ring (bicyclic) bond motifs is 1. The number of sulfonamides is 1. The fourth-order valence-corrected chi connectivity index (χ4v) is 4.29. The number of hydrogen-bond acceptors (Lipinski definition) is 3. The van der Waals surface area contributed by atoms with E-state index in [2.05, 4.69) is 30.5 Å². The van der Waals surface area contributed by atoms with Gasteiger partial charge in [0.05, 0.1) is 20.6 Å². The minimum atomic E-state index is -3.57. The van der Waals surface area contributed by atoms with Gasteiger partial charge in [0.15, 0.2) is 5.65 Å². The molecular weight excluding hydrogens is 405 g/mol. The summed E-state index contributed by atoms with van der Waals surface area (Å²) >= 11 is 12.1. The Balaban J connectivity index is 1.68. The van der Waals surface area contributed by atoms with Gasteiger partial charge in [-0.3, -0.25) is 0 Å². The Labute approximate surface area is 169 Å². The smallest absolute Gasteiger partial charge is 0.240 e. The van der Waals surface area contributed by atoms with Gasteiger partial charge >= 0.3 is 0 Å². The van der Waals surface area contributed by atoms with Crippen molar-refractivity contribution in [1.29, 1.82) is 0 Å². The molecule has 5 nitrogen and oxygen atoms in total. The third kappa shape index (κ3) is 4.63. The van der Waals surface area contributed by atoms with E-state index >= 15 is 0 Å². The van der Waals surface area contributed by atoms with Crippen molar-refractivity contribution >= 4 is 38.9 Å². The fourth-order valence-electron chi connectivity index (χ4n) is 2.73. The molecule has 3 rings (SSSR count). The third-order valence-electron chi connectivity index (χ3n) is 4.23. The zero-order valence-corrected chi connectivity index (χ0v) is 17.7. The number of benzene rings is 1. The van der Waals surface area contributed by atoms with Crippen molar-refractivity contribution in [2.75, 3.05) is 6.54 Å². The summed E-state index contributed by atoms with van der Waals surface area (Å²) in [5, 5.41) is 0.962. The van der Waals surface area contributed by atoms with Gasteiger partial charge in [-0.15, -0.1) is 0 Å². The first-order chi connectivity index (χ1) is 12.6. The van der Waals surface area contributed by atoms with Crippen molar-refractivity contribution in [3.63, 3.8) is 0 Å². The highest BCUT2D eigenvalue weighted by atomic mass is 35.5. The number of imidazole rings is 1. The quantitative estimate of drug-likeness (QED) is 0.655. The number of hydrogen-bond donors (Lipinski definition) is 1. The number of halogens is 2. The minimum absolute atomic E-state index is 0.0248. The molecule has 0 aliphatic carbocycles. The molecule has 0 radical (unpaired) electrons. The summed E-state index contributed by atoms with van der Waals surface area (Å²) in [4.78, 5) is 4.67. The van der Waals surface area contributed by atoms with Gasteiger partial charge in [-0.25, -0.2) is 18.1 Å². The zero-order valence-electron chi connectivity index (χ0n) is 15.3. The molecule has 3 aromatic rings. The lowest BCUT2D eigenvalue weighted by molar-refractivity contribution is 0.578. The first-order valence-corrected chi connectivity index (χ1v) is 10.7. The summed E-state index contributed by atoms with van der Waals surface area (Å²) in [6, 6.07) is 8.59. The van der Waals surface area contributed by atoms with Crippen LogP contribution in [0.25, 0.3) is 5.65 Å². The van der Waals surface area contributed by atoms with Gasteiger partial charge in [-0.2, -0.15) is 0 Å². The summed E-state index contributed by atoms with van der Waals surface area (Å²) in [5.41, 5.74) is 2.38. The zero-order chi connectivity index (χ0) is 19.8. The van der Waals surface area contributed by atoms with Crippen LogP contribution in [0.3, 0.4) is 0 Å². The maximum Gasteiger partial charge on any atom is 0.240 e. The summed E-state index contributed by atoms with van der Waals surface area (Å²) in [6.45, 7) is 6.49. The van der Waals surface area contributed by atoms with Gasteiger partial charge in [0.25, 0.3) is 0 Å². The molecule has 2 heterocycles. The molecule has 1 aromatic carbocycles. The molecule has 0 amide bonds. The number of pyridine rings is 1. The van der Waals surface area contributed by atoms with E-state index in [-0.39, 0.29) is 16.9 Å². The van der Waals surface area contributed by atoms with E-state index in [9.17, 15) is 8.42 Å². The van der Waals surface area contributed by atoms with Crippen molar-refractivity contribution < 1.29 is 8.42 Å². The lowest BCUT2D eigenvalue weighted by Gasteiger charge is -2.19. The SMILES string of the molecule is CC(C)(C)c1ccc(S(=O)(=O)NCCc2cn3cc(Cl)cc(Cl)c3n2)cc1. The second kappa shape index (κ2) is 7.43. The van der Waals surface area contributed by atoms with Crippen molar-refractivity contribution in [1.82, 2.24) is 14.1 Å². The Morgan fingerprint density at radius 1 is 1.11 bits per heavy atom. The molecule has 8 heteroatoms. The van der Waals surface area contributed by atoms with E-state index in [1.54, 1.807) is 35.0 Å². The van der Waals surface area contributed by atoms with E-state index in [1.807, 2.05) is 12.1 Å². The summed E-state index contributed by atoms with van der Waals surface area (Å²) < 4.78 is 29.3. The Hall–Kier alpha value is -1.60. The van der Waals surface area contributed by atoms with Crippen LogP contribution in [0.1, 0.15) is 32.0 Å². The lowest BCUT2D eigenvalue weighted by atomic mass is 9.87. The van der Waals surface area contributed by atoms with Gasteiger partial charge in [0, 0.05) is 25.4 Å². The van der Waals surface area contributed by atoms with E-state index in [1.165, 1.54) is 0 Å². The predicted molar refractivity (Wildman–Crippen MR) is 109 cm³/mol. The first kappa shape index (κ1) is 20.1. The molecule has 0 aliphatic heterocycles. The number of nitrogens with zero attached hydrogens (tertiary/aromatic N) is 2. The molecule has 0 unspecified atom stereocenters. The maximum atomic E-state index is 12.5. The van der Waals surface area contributed by atoms with Crippen LogP contribution >= 0.6 is 23.2 Å². The van der Waals surface area contributed by atoms with Crippen molar-refractivity contribution in [3.05, 3.63) is 64.0 Å². The molecule has 0 fully saturated rings. The van der Waals surface area contributed by atoms with E-state index in [0.717, 1.165) is 11.3 Å². The van der Waals surface area contributed by atoms with Crippen molar-refractivity contribution in [2.24, 2.45) is 0 Å². The molecule has 2 aromatic heterocycles. The first-order valence-electron chi connectivity index (χ1n) is 8.49.